The number of carbonyl (C=O) groups excluding carboxylic acids is 1. The predicted octanol–water partition coefficient (Wildman–Crippen LogP) is 2.87. The van der Waals surface area contributed by atoms with Gasteiger partial charge in [-0.3, -0.25) is 14.4 Å². The molecule has 37 heavy (non-hydrogen) atoms. The minimum atomic E-state index is -0.484. The first-order valence-electron chi connectivity index (χ1n) is 12.9. The molecule has 0 spiro atoms. The van der Waals surface area contributed by atoms with Gasteiger partial charge in [0.05, 0.1) is 11.1 Å². The van der Waals surface area contributed by atoms with Crippen molar-refractivity contribution in [2.75, 3.05) is 18.8 Å². The number of anilines is 1. The van der Waals surface area contributed by atoms with Crippen LogP contribution in [0, 0.1) is 0 Å². The molecule has 3 N–H and O–H groups in total. The third-order valence-corrected chi connectivity index (χ3v) is 7.41. The summed E-state index contributed by atoms with van der Waals surface area (Å²) in [7, 11) is 1.87. The van der Waals surface area contributed by atoms with Crippen LogP contribution >= 0.6 is 0 Å². The Balaban J connectivity index is 1.10. The SMILES string of the molecule is Cn1ccc(-c2cn(C3CCC(C(=O)NC4CCN(Cc5ccccc5)CC4)O3)c3ncnc(N)c23)n1. The van der Waals surface area contributed by atoms with Gasteiger partial charge < -0.3 is 20.4 Å². The summed E-state index contributed by atoms with van der Waals surface area (Å²) in [4.78, 5) is 24.2. The first-order valence-corrected chi connectivity index (χ1v) is 12.9. The van der Waals surface area contributed by atoms with Crippen molar-refractivity contribution >= 4 is 22.8 Å². The third-order valence-electron chi connectivity index (χ3n) is 7.41. The van der Waals surface area contributed by atoms with Crippen LogP contribution in [0.4, 0.5) is 5.82 Å². The third kappa shape index (κ3) is 4.82. The number of nitrogens with two attached hydrogens (primary N) is 1. The number of hydrogen-bond donors (Lipinski definition) is 2. The predicted molar refractivity (Wildman–Crippen MR) is 140 cm³/mol. The van der Waals surface area contributed by atoms with Crippen molar-refractivity contribution in [3.63, 3.8) is 0 Å². The summed E-state index contributed by atoms with van der Waals surface area (Å²) in [5, 5.41) is 8.52. The maximum absolute atomic E-state index is 13.1. The molecule has 2 atom stereocenters. The van der Waals surface area contributed by atoms with Crippen molar-refractivity contribution in [3.8, 4) is 11.3 Å². The Morgan fingerprint density at radius 2 is 1.92 bits per heavy atom. The van der Waals surface area contributed by atoms with Gasteiger partial charge in [-0.2, -0.15) is 5.10 Å². The second-order valence-electron chi connectivity index (χ2n) is 9.98. The summed E-state index contributed by atoms with van der Waals surface area (Å²) in [6.45, 7) is 2.90. The highest BCUT2D eigenvalue weighted by Crippen LogP contribution is 2.37. The maximum atomic E-state index is 13.1. The lowest BCUT2D eigenvalue weighted by Crippen LogP contribution is -2.47. The molecule has 4 aromatic rings. The number of likely N-dealkylation sites (tertiary alicyclic amines) is 1. The van der Waals surface area contributed by atoms with Gasteiger partial charge in [-0.15, -0.1) is 0 Å². The van der Waals surface area contributed by atoms with Gasteiger partial charge >= 0.3 is 0 Å². The molecule has 0 saturated carbocycles. The Hall–Kier alpha value is -3.76. The fourth-order valence-electron chi connectivity index (χ4n) is 5.47. The molecule has 10 heteroatoms. The Bertz CT molecular complexity index is 1390. The van der Waals surface area contributed by atoms with Crippen LogP contribution in [0.3, 0.4) is 0 Å². The second kappa shape index (κ2) is 9.95. The van der Waals surface area contributed by atoms with E-state index in [4.69, 9.17) is 10.5 Å². The molecule has 2 fully saturated rings. The molecule has 1 amide bonds. The largest absolute Gasteiger partial charge is 0.383 e. The Kier molecular flexibility index (Phi) is 6.35. The first-order chi connectivity index (χ1) is 18.0. The molecule has 1 aromatic carbocycles. The van der Waals surface area contributed by atoms with Crippen LogP contribution in [0.15, 0.2) is 55.1 Å². The standard InChI is InChI=1S/C27H32N8O2/c1-33-12-11-21(32-33)20-16-35(26-24(20)25(28)29-17-30-26)23-8-7-22(37-23)27(36)31-19-9-13-34(14-10-19)15-18-5-3-2-4-6-18/h2-6,11-12,16-17,19,22-23H,7-10,13-15H2,1H3,(H,31,36)(H2,28,29,30). The lowest BCUT2D eigenvalue weighted by molar-refractivity contribution is -0.135. The van der Waals surface area contributed by atoms with Crippen molar-refractivity contribution in [1.82, 2.24) is 34.5 Å². The zero-order valence-corrected chi connectivity index (χ0v) is 21.0. The molecule has 2 saturated heterocycles. The van der Waals surface area contributed by atoms with Gasteiger partial charge in [0.25, 0.3) is 0 Å². The average molecular weight is 501 g/mol. The smallest absolute Gasteiger partial charge is 0.249 e. The van der Waals surface area contributed by atoms with Crippen LogP contribution < -0.4 is 11.1 Å². The summed E-state index contributed by atoms with van der Waals surface area (Å²) in [5.74, 6) is 0.370. The van der Waals surface area contributed by atoms with E-state index in [2.05, 4.69) is 49.5 Å². The monoisotopic (exact) mass is 500 g/mol. The molecule has 2 aliphatic heterocycles. The Morgan fingerprint density at radius 3 is 2.68 bits per heavy atom. The summed E-state index contributed by atoms with van der Waals surface area (Å²) in [6.07, 6.45) is 7.77. The number of hydrogen-bond acceptors (Lipinski definition) is 7. The van der Waals surface area contributed by atoms with Crippen molar-refractivity contribution in [2.24, 2.45) is 7.05 Å². The molecule has 3 aromatic heterocycles. The lowest BCUT2D eigenvalue weighted by atomic mass is 10.0. The van der Waals surface area contributed by atoms with Crippen LogP contribution in [0.1, 0.15) is 37.5 Å². The number of fused-ring (bicyclic) bond motifs is 1. The molecule has 0 radical (unpaired) electrons. The Labute approximate surface area is 215 Å². The number of nitrogens with one attached hydrogen (secondary N) is 1. The van der Waals surface area contributed by atoms with E-state index in [1.54, 1.807) is 4.68 Å². The highest BCUT2D eigenvalue weighted by atomic mass is 16.5. The summed E-state index contributed by atoms with van der Waals surface area (Å²) in [5.41, 5.74) is 9.89. The zero-order chi connectivity index (χ0) is 25.4. The molecule has 0 bridgehead atoms. The fourth-order valence-corrected chi connectivity index (χ4v) is 5.47. The number of amides is 1. The number of aromatic nitrogens is 5. The van der Waals surface area contributed by atoms with E-state index in [-0.39, 0.29) is 18.2 Å². The number of carbonyl (C=O) groups is 1. The molecule has 192 valence electrons. The van der Waals surface area contributed by atoms with E-state index < -0.39 is 6.10 Å². The number of ether oxygens (including phenoxy) is 1. The fraction of sp³-hybridized carbons (Fsp3) is 0.407. The first kappa shape index (κ1) is 23.6. The minimum absolute atomic E-state index is 0.0282. The van der Waals surface area contributed by atoms with Crippen molar-refractivity contribution in [1.29, 1.82) is 0 Å². The quantitative estimate of drug-likeness (QED) is 0.418. The number of benzene rings is 1. The normalized spacial score (nSPS) is 21.0. The molecule has 6 rings (SSSR count). The van der Waals surface area contributed by atoms with Crippen molar-refractivity contribution in [2.45, 2.75) is 50.6 Å². The van der Waals surface area contributed by atoms with Crippen molar-refractivity contribution < 1.29 is 9.53 Å². The maximum Gasteiger partial charge on any atom is 0.249 e. The van der Waals surface area contributed by atoms with Crippen LogP contribution in [0.2, 0.25) is 0 Å². The van der Waals surface area contributed by atoms with Gasteiger partial charge in [0.2, 0.25) is 5.91 Å². The molecule has 5 heterocycles. The second-order valence-corrected chi connectivity index (χ2v) is 9.98. The number of nitrogen functional groups attached to an aromatic ring is 1. The van der Waals surface area contributed by atoms with Gasteiger partial charge in [-0.1, -0.05) is 30.3 Å². The van der Waals surface area contributed by atoms with E-state index in [0.717, 1.165) is 49.1 Å². The average Bonchev–Trinajstić information content (AvgIpc) is 3.64. The van der Waals surface area contributed by atoms with Crippen molar-refractivity contribution in [3.05, 3.63) is 60.7 Å². The molecular formula is C27H32N8O2. The highest BCUT2D eigenvalue weighted by molar-refractivity contribution is 5.99. The lowest BCUT2D eigenvalue weighted by Gasteiger charge is -2.32. The molecule has 2 unspecified atom stereocenters. The van der Waals surface area contributed by atoms with E-state index in [1.807, 2.05) is 36.1 Å². The van der Waals surface area contributed by atoms with Gasteiger partial charge in [-0.05, 0) is 37.3 Å². The van der Waals surface area contributed by atoms with E-state index in [9.17, 15) is 4.79 Å². The molecule has 0 aliphatic carbocycles. The van der Waals surface area contributed by atoms with Gasteiger partial charge in [0.1, 0.15) is 30.1 Å². The van der Waals surface area contributed by atoms with Gasteiger partial charge in [0, 0.05) is 50.7 Å². The Morgan fingerprint density at radius 1 is 1.11 bits per heavy atom. The number of nitrogens with zero attached hydrogens (tertiary/aromatic N) is 6. The molecule has 2 aliphatic rings. The summed E-state index contributed by atoms with van der Waals surface area (Å²) in [6, 6.07) is 12.6. The number of aryl methyl sites for hydroxylation is 1. The summed E-state index contributed by atoms with van der Waals surface area (Å²) < 4.78 is 9.98. The topological polar surface area (TPSA) is 116 Å². The van der Waals surface area contributed by atoms with Crippen LogP contribution in [-0.4, -0.2) is 60.4 Å². The van der Waals surface area contributed by atoms with E-state index >= 15 is 0 Å². The zero-order valence-electron chi connectivity index (χ0n) is 21.0. The van der Waals surface area contributed by atoms with Gasteiger partial charge in [-0.25, -0.2) is 9.97 Å². The van der Waals surface area contributed by atoms with Gasteiger partial charge in [0.15, 0.2) is 0 Å². The number of rotatable bonds is 6. The minimum Gasteiger partial charge on any atom is -0.383 e. The molecular weight excluding hydrogens is 468 g/mol. The molecule has 10 nitrogen and oxygen atoms in total. The van der Waals surface area contributed by atoms with Crippen LogP contribution in [-0.2, 0) is 23.1 Å². The highest BCUT2D eigenvalue weighted by Gasteiger charge is 2.34. The van der Waals surface area contributed by atoms with Crippen LogP contribution in [0.25, 0.3) is 22.3 Å². The van der Waals surface area contributed by atoms with E-state index in [0.29, 0.717) is 24.3 Å². The summed E-state index contributed by atoms with van der Waals surface area (Å²) >= 11 is 0. The van der Waals surface area contributed by atoms with Crippen LogP contribution in [0.5, 0.6) is 0 Å². The van der Waals surface area contributed by atoms with E-state index in [1.165, 1.54) is 11.9 Å². The number of piperidine rings is 1.